The largest absolute Gasteiger partial charge is 0.497 e. The summed E-state index contributed by atoms with van der Waals surface area (Å²) < 4.78 is 44.9. The summed E-state index contributed by atoms with van der Waals surface area (Å²) in [6.45, 7) is -0.479. The van der Waals surface area contributed by atoms with Gasteiger partial charge in [0.05, 0.1) is 23.4 Å². The minimum absolute atomic E-state index is 0.101. The van der Waals surface area contributed by atoms with Crippen molar-refractivity contribution in [3.05, 3.63) is 75.5 Å². The van der Waals surface area contributed by atoms with Crippen LogP contribution in [0.15, 0.2) is 59.4 Å². The second kappa shape index (κ2) is 8.58. The fraction of sp³-hybridized carbons (Fsp3) is 0.150. The van der Waals surface area contributed by atoms with Crippen LogP contribution in [-0.4, -0.2) is 22.8 Å². The third kappa shape index (κ3) is 4.98. The number of benzene rings is 2. The van der Waals surface area contributed by atoms with Crippen LogP contribution in [0.25, 0.3) is 11.3 Å². The zero-order valence-corrected chi connectivity index (χ0v) is 16.3. The summed E-state index contributed by atoms with van der Waals surface area (Å²) in [5, 5.41) is 5.99. The Kier molecular flexibility index (Phi) is 6.12. The van der Waals surface area contributed by atoms with Gasteiger partial charge in [-0.15, -0.1) is 0 Å². The van der Waals surface area contributed by atoms with Crippen LogP contribution in [0.2, 0.25) is 5.02 Å². The third-order valence-electron chi connectivity index (χ3n) is 4.10. The van der Waals surface area contributed by atoms with E-state index >= 15 is 0 Å². The lowest BCUT2D eigenvalue weighted by Crippen LogP contribution is -2.29. The van der Waals surface area contributed by atoms with Crippen molar-refractivity contribution in [3.63, 3.8) is 0 Å². The number of nitrogens with one attached hydrogen (secondary N) is 1. The van der Waals surface area contributed by atoms with Gasteiger partial charge in [0.2, 0.25) is 5.91 Å². The van der Waals surface area contributed by atoms with Gasteiger partial charge in [-0.25, -0.2) is 4.68 Å². The van der Waals surface area contributed by atoms with Gasteiger partial charge in [-0.3, -0.25) is 9.59 Å². The number of ether oxygens (including phenoxy) is 1. The molecule has 3 rings (SSSR count). The smallest absolute Gasteiger partial charge is 0.417 e. The predicted octanol–water partition coefficient (Wildman–Crippen LogP) is 4.23. The first-order valence-corrected chi connectivity index (χ1v) is 8.94. The summed E-state index contributed by atoms with van der Waals surface area (Å²) in [5.41, 5.74) is -0.572. The van der Waals surface area contributed by atoms with Crippen molar-refractivity contribution in [2.24, 2.45) is 0 Å². The Labute approximate surface area is 173 Å². The summed E-state index contributed by atoms with van der Waals surface area (Å²) in [7, 11) is 1.53. The van der Waals surface area contributed by atoms with Gasteiger partial charge in [-0.2, -0.15) is 18.3 Å². The lowest BCUT2D eigenvalue weighted by molar-refractivity contribution is -0.137. The molecule has 0 radical (unpaired) electrons. The van der Waals surface area contributed by atoms with Gasteiger partial charge in [0.15, 0.2) is 0 Å². The Bertz CT molecular complexity index is 1130. The first-order chi connectivity index (χ1) is 14.2. The predicted molar refractivity (Wildman–Crippen MR) is 106 cm³/mol. The molecule has 0 bridgehead atoms. The van der Waals surface area contributed by atoms with Crippen molar-refractivity contribution in [2.75, 3.05) is 12.4 Å². The Balaban J connectivity index is 1.79. The summed E-state index contributed by atoms with van der Waals surface area (Å²) in [6, 6.07) is 12.7. The highest BCUT2D eigenvalue weighted by Gasteiger charge is 2.33. The molecule has 0 spiro atoms. The van der Waals surface area contributed by atoms with E-state index in [4.69, 9.17) is 16.3 Å². The van der Waals surface area contributed by atoms with Gasteiger partial charge in [0, 0.05) is 17.3 Å². The zero-order valence-electron chi connectivity index (χ0n) is 15.5. The molecule has 0 fully saturated rings. The van der Waals surface area contributed by atoms with Crippen molar-refractivity contribution in [2.45, 2.75) is 12.7 Å². The molecule has 156 valence electrons. The second-order valence-corrected chi connectivity index (χ2v) is 6.59. The molecule has 6 nitrogen and oxygen atoms in total. The number of carbonyl (C=O) groups excluding carboxylic acids is 1. The number of carbonyl (C=O) groups is 1. The molecule has 1 heterocycles. The molecule has 30 heavy (non-hydrogen) atoms. The summed E-state index contributed by atoms with van der Waals surface area (Å²) in [6.07, 6.45) is -4.66. The van der Waals surface area contributed by atoms with E-state index < -0.39 is 34.8 Å². The quantitative estimate of drug-likeness (QED) is 0.648. The lowest BCUT2D eigenvalue weighted by Gasteiger charge is -2.12. The van der Waals surface area contributed by atoms with Gasteiger partial charge in [-0.1, -0.05) is 11.6 Å². The van der Waals surface area contributed by atoms with Gasteiger partial charge >= 0.3 is 6.18 Å². The molecule has 1 aromatic heterocycles. The molecule has 1 amide bonds. The number of halogens is 4. The minimum Gasteiger partial charge on any atom is -0.497 e. The van der Waals surface area contributed by atoms with Crippen LogP contribution in [0.4, 0.5) is 18.9 Å². The van der Waals surface area contributed by atoms with Crippen LogP contribution >= 0.6 is 11.6 Å². The van der Waals surface area contributed by atoms with Crippen molar-refractivity contribution in [1.82, 2.24) is 9.78 Å². The molecule has 0 saturated carbocycles. The molecule has 0 atom stereocenters. The van der Waals surface area contributed by atoms with Crippen LogP contribution in [0.1, 0.15) is 5.56 Å². The van der Waals surface area contributed by atoms with Gasteiger partial charge in [0.1, 0.15) is 12.3 Å². The molecule has 1 N–H and O–H groups in total. The molecule has 0 unspecified atom stereocenters. The zero-order chi connectivity index (χ0) is 21.9. The average molecular weight is 438 g/mol. The topological polar surface area (TPSA) is 73.2 Å². The Morgan fingerprint density at radius 1 is 1.13 bits per heavy atom. The molecule has 0 aliphatic carbocycles. The lowest BCUT2D eigenvalue weighted by atomic mass is 10.1. The van der Waals surface area contributed by atoms with E-state index in [1.807, 2.05) is 0 Å². The molecule has 0 saturated heterocycles. The molecule has 2 aromatic carbocycles. The first kappa shape index (κ1) is 21.4. The van der Waals surface area contributed by atoms with Gasteiger partial charge < -0.3 is 10.1 Å². The maximum absolute atomic E-state index is 13.0. The van der Waals surface area contributed by atoms with E-state index in [2.05, 4.69) is 10.4 Å². The fourth-order valence-electron chi connectivity index (χ4n) is 2.63. The highest BCUT2D eigenvalue weighted by Crippen LogP contribution is 2.36. The monoisotopic (exact) mass is 437 g/mol. The Morgan fingerprint density at radius 3 is 2.47 bits per heavy atom. The summed E-state index contributed by atoms with van der Waals surface area (Å²) >= 11 is 5.57. The molecular weight excluding hydrogens is 423 g/mol. The first-order valence-electron chi connectivity index (χ1n) is 8.56. The highest BCUT2D eigenvalue weighted by atomic mass is 35.5. The van der Waals surface area contributed by atoms with E-state index in [1.54, 1.807) is 24.3 Å². The molecule has 10 heteroatoms. The van der Waals surface area contributed by atoms with Crippen LogP contribution in [0.3, 0.4) is 0 Å². The van der Waals surface area contributed by atoms with E-state index in [0.29, 0.717) is 17.0 Å². The van der Waals surface area contributed by atoms with Crippen LogP contribution in [-0.2, 0) is 17.5 Å². The number of nitrogens with zero attached hydrogens (tertiary/aromatic N) is 2. The molecule has 3 aromatic rings. The Hall–Kier alpha value is -3.33. The number of aromatic nitrogens is 2. The summed E-state index contributed by atoms with van der Waals surface area (Å²) in [4.78, 5) is 24.3. The van der Waals surface area contributed by atoms with Crippen LogP contribution < -0.4 is 15.6 Å². The molecule has 0 aliphatic heterocycles. The normalized spacial score (nSPS) is 11.2. The number of methoxy groups -OCH3 is 1. The average Bonchev–Trinajstić information content (AvgIpc) is 2.70. The number of hydrogen-bond acceptors (Lipinski definition) is 4. The van der Waals surface area contributed by atoms with E-state index in [0.717, 1.165) is 16.8 Å². The SMILES string of the molecule is COc1ccc(-c2ccc(=O)n(CC(=O)Nc3ccc(Cl)c(C(F)(F)F)c3)n2)cc1. The van der Waals surface area contributed by atoms with Crippen molar-refractivity contribution in [3.8, 4) is 17.0 Å². The molecular formula is C20H15ClF3N3O3. The number of hydrogen-bond donors (Lipinski definition) is 1. The number of rotatable bonds is 5. The highest BCUT2D eigenvalue weighted by molar-refractivity contribution is 6.31. The standard InChI is InChI=1S/C20H15ClF3N3O3/c1-30-14-5-2-12(3-6-14)17-8-9-19(29)27(26-17)11-18(28)25-13-4-7-16(21)15(10-13)20(22,23)24/h2-10H,11H2,1H3,(H,25,28). The van der Waals surface area contributed by atoms with Crippen molar-refractivity contribution < 1.29 is 22.7 Å². The fourth-order valence-corrected chi connectivity index (χ4v) is 2.86. The Morgan fingerprint density at radius 2 is 1.83 bits per heavy atom. The van der Waals surface area contributed by atoms with Gasteiger partial charge in [0.25, 0.3) is 5.56 Å². The summed E-state index contributed by atoms with van der Waals surface area (Å²) in [5.74, 6) is -0.0698. The van der Waals surface area contributed by atoms with E-state index in [9.17, 15) is 22.8 Å². The molecule has 0 aliphatic rings. The number of anilines is 1. The van der Waals surface area contributed by atoms with E-state index in [-0.39, 0.29) is 5.69 Å². The van der Waals surface area contributed by atoms with Gasteiger partial charge in [-0.05, 0) is 48.5 Å². The second-order valence-electron chi connectivity index (χ2n) is 6.18. The van der Waals surface area contributed by atoms with Crippen molar-refractivity contribution >= 4 is 23.2 Å². The van der Waals surface area contributed by atoms with E-state index in [1.165, 1.54) is 25.3 Å². The number of alkyl halides is 3. The maximum Gasteiger partial charge on any atom is 0.417 e. The number of amides is 1. The third-order valence-corrected chi connectivity index (χ3v) is 4.43. The van der Waals surface area contributed by atoms with Crippen LogP contribution in [0.5, 0.6) is 5.75 Å². The minimum atomic E-state index is -4.66. The van der Waals surface area contributed by atoms with Crippen LogP contribution in [0, 0.1) is 0 Å². The van der Waals surface area contributed by atoms with Crippen molar-refractivity contribution in [1.29, 1.82) is 0 Å². The maximum atomic E-state index is 13.0.